The van der Waals surface area contributed by atoms with E-state index in [1.165, 1.54) is 0 Å². The van der Waals surface area contributed by atoms with E-state index in [-0.39, 0.29) is 35.5 Å². The molecule has 2 fully saturated rings. The van der Waals surface area contributed by atoms with Gasteiger partial charge in [-0.2, -0.15) is 0 Å². The van der Waals surface area contributed by atoms with Gasteiger partial charge in [-0.3, -0.25) is 14.4 Å². The smallest absolute Gasteiger partial charge is 0.394 e. The number of nitrogens with one attached hydrogen (secondary N) is 1. The molecule has 1 heterocycles. The van der Waals surface area contributed by atoms with Crippen LogP contribution in [0, 0.1) is 16.7 Å². The molecule has 1 aliphatic carbocycles. The quantitative estimate of drug-likeness (QED) is 0.421. The fraction of sp³-hybridized carbons (Fsp3) is 0.727. The molecule has 0 aromatic carbocycles. The van der Waals surface area contributed by atoms with Crippen LogP contribution in [0.3, 0.4) is 0 Å². The minimum atomic E-state index is -1.15. The maximum absolute atomic E-state index is 12.1. The average Bonchev–Trinajstić information content (AvgIpc) is 2.35. The predicted molar refractivity (Wildman–Crippen MR) is 56.5 cm³/mol. The van der Waals surface area contributed by atoms with Crippen molar-refractivity contribution in [2.75, 3.05) is 0 Å². The molecule has 2 atom stereocenters. The minimum Gasteiger partial charge on any atom is -0.394 e. The van der Waals surface area contributed by atoms with E-state index in [9.17, 15) is 14.4 Å². The number of amides is 4. The Hall–Kier alpha value is -0.390. The Bertz CT molecular complexity index is 372. The van der Waals surface area contributed by atoms with E-state index in [0.717, 1.165) is 12.8 Å². The molecular formula is C11H15N2NaO3. The summed E-state index contributed by atoms with van der Waals surface area (Å²) in [7, 11) is 0. The van der Waals surface area contributed by atoms with Crippen LogP contribution in [0.4, 0.5) is 4.79 Å². The third-order valence-corrected chi connectivity index (χ3v) is 4.13. The zero-order valence-electron chi connectivity index (χ0n) is 10.7. The number of imide groups is 2. The minimum absolute atomic E-state index is 0. The van der Waals surface area contributed by atoms with Crippen LogP contribution in [0.2, 0.25) is 0 Å². The maximum Gasteiger partial charge on any atom is 1.00 e. The second kappa shape index (κ2) is 4.37. The standard InChI is InChI=1S/C11H16N2O3.Na/c1-6-4-5-10(2,3)11(6)7(14)12-9(16)13-8(11)15;/h6H,4-5H2,1-3H3,(H2,12,13,14,15,16);/q;+1/p-1. The van der Waals surface area contributed by atoms with Crippen molar-refractivity contribution in [1.82, 2.24) is 5.32 Å². The number of carbonyl (C=O) groups excluding carboxylic acids is 3. The second-order valence-electron chi connectivity index (χ2n) is 5.31. The Labute approximate surface area is 122 Å². The predicted octanol–water partition coefficient (Wildman–Crippen LogP) is -1.42. The first-order valence-electron chi connectivity index (χ1n) is 5.44. The molecule has 2 unspecified atom stereocenters. The van der Waals surface area contributed by atoms with Crippen molar-refractivity contribution in [1.29, 1.82) is 0 Å². The molecule has 1 aliphatic heterocycles. The average molecular weight is 246 g/mol. The summed E-state index contributed by atoms with van der Waals surface area (Å²) in [4.78, 5) is 35.1. The molecule has 2 rings (SSSR count). The molecule has 17 heavy (non-hydrogen) atoms. The Morgan fingerprint density at radius 3 is 2.29 bits per heavy atom. The number of hydrogen-bond acceptors (Lipinski definition) is 3. The third kappa shape index (κ3) is 1.75. The van der Waals surface area contributed by atoms with Crippen LogP contribution in [-0.4, -0.2) is 17.8 Å². The molecule has 0 aromatic rings. The van der Waals surface area contributed by atoms with E-state index >= 15 is 0 Å². The Kier molecular flexibility index (Phi) is 3.77. The second-order valence-corrected chi connectivity index (χ2v) is 5.31. The van der Waals surface area contributed by atoms with Gasteiger partial charge in [0, 0.05) is 0 Å². The topological polar surface area (TPSA) is 77.3 Å². The first-order chi connectivity index (χ1) is 7.32. The molecule has 6 heteroatoms. The van der Waals surface area contributed by atoms with Crippen molar-refractivity contribution >= 4 is 17.8 Å². The van der Waals surface area contributed by atoms with Crippen LogP contribution >= 0.6 is 0 Å². The molecule has 0 aromatic heterocycles. The van der Waals surface area contributed by atoms with Gasteiger partial charge >= 0.3 is 29.6 Å². The van der Waals surface area contributed by atoms with E-state index in [1.807, 2.05) is 20.8 Å². The molecule has 1 saturated carbocycles. The zero-order valence-corrected chi connectivity index (χ0v) is 12.7. The van der Waals surface area contributed by atoms with Crippen LogP contribution in [0.15, 0.2) is 0 Å². The summed E-state index contributed by atoms with van der Waals surface area (Å²) < 4.78 is 0. The van der Waals surface area contributed by atoms with Gasteiger partial charge < -0.3 is 10.6 Å². The van der Waals surface area contributed by atoms with Gasteiger partial charge in [0.25, 0.3) is 0 Å². The molecule has 5 nitrogen and oxygen atoms in total. The molecule has 0 bridgehead atoms. The van der Waals surface area contributed by atoms with E-state index < -0.39 is 28.7 Å². The maximum atomic E-state index is 12.1. The van der Waals surface area contributed by atoms with Gasteiger partial charge in [0.1, 0.15) is 0 Å². The molecule has 0 radical (unpaired) electrons. The van der Waals surface area contributed by atoms with Crippen molar-refractivity contribution in [3.8, 4) is 0 Å². The summed E-state index contributed by atoms with van der Waals surface area (Å²) in [6.07, 6.45) is 1.59. The SMILES string of the molecule is CC1CCC(C)(C)C12C(=O)[N-]C(=O)NC2=O.[Na+]. The summed E-state index contributed by atoms with van der Waals surface area (Å²) in [5, 5.41) is 5.57. The molecule has 1 saturated heterocycles. The number of barbiturate groups is 1. The van der Waals surface area contributed by atoms with Gasteiger partial charge in [-0.05, 0) is 24.2 Å². The summed E-state index contributed by atoms with van der Waals surface area (Å²) >= 11 is 0. The zero-order chi connectivity index (χ0) is 12.1. The van der Waals surface area contributed by atoms with Gasteiger partial charge in [-0.15, -0.1) is 0 Å². The number of hydrogen-bond donors (Lipinski definition) is 1. The van der Waals surface area contributed by atoms with Crippen LogP contribution < -0.4 is 34.9 Å². The third-order valence-electron chi connectivity index (χ3n) is 4.13. The molecule has 1 N–H and O–H groups in total. The Morgan fingerprint density at radius 1 is 1.29 bits per heavy atom. The summed E-state index contributed by atoms with van der Waals surface area (Å²) in [6, 6.07) is -0.837. The Balaban J connectivity index is 0.00000144. The fourth-order valence-corrected chi connectivity index (χ4v) is 3.19. The Morgan fingerprint density at radius 2 is 1.88 bits per heavy atom. The van der Waals surface area contributed by atoms with Crippen LogP contribution in [0.5, 0.6) is 0 Å². The van der Waals surface area contributed by atoms with Crippen molar-refractivity contribution in [3.05, 3.63) is 5.32 Å². The molecule has 1 spiro atoms. The van der Waals surface area contributed by atoms with Gasteiger partial charge in [-0.25, -0.2) is 0 Å². The van der Waals surface area contributed by atoms with Crippen LogP contribution in [0.1, 0.15) is 33.6 Å². The summed E-state index contributed by atoms with van der Waals surface area (Å²) in [5.41, 5.74) is -1.60. The van der Waals surface area contributed by atoms with Gasteiger partial charge in [0.15, 0.2) is 17.8 Å². The van der Waals surface area contributed by atoms with E-state index in [1.54, 1.807) is 0 Å². The van der Waals surface area contributed by atoms with Crippen molar-refractivity contribution in [2.45, 2.75) is 33.6 Å². The first-order valence-corrected chi connectivity index (χ1v) is 5.44. The largest absolute Gasteiger partial charge is 1.00 e. The molecular weight excluding hydrogens is 231 g/mol. The van der Waals surface area contributed by atoms with Crippen molar-refractivity contribution in [3.63, 3.8) is 0 Å². The molecule has 2 aliphatic rings. The molecule has 4 amide bonds. The van der Waals surface area contributed by atoms with Crippen LogP contribution in [0.25, 0.3) is 5.32 Å². The van der Waals surface area contributed by atoms with Gasteiger partial charge in [0.05, 0.1) is 5.41 Å². The summed E-state index contributed by atoms with van der Waals surface area (Å²) in [5.74, 6) is -1.13. The molecule has 88 valence electrons. The van der Waals surface area contributed by atoms with Gasteiger partial charge in [-0.1, -0.05) is 20.8 Å². The van der Waals surface area contributed by atoms with Crippen LogP contribution in [-0.2, 0) is 9.59 Å². The number of urea groups is 1. The number of nitrogens with zero attached hydrogens (tertiary/aromatic N) is 1. The first kappa shape index (κ1) is 14.7. The van der Waals surface area contributed by atoms with Crippen molar-refractivity contribution < 1.29 is 43.9 Å². The van der Waals surface area contributed by atoms with Crippen molar-refractivity contribution in [2.24, 2.45) is 16.7 Å². The van der Waals surface area contributed by atoms with Gasteiger partial charge in [0.2, 0.25) is 0 Å². The van der Waals surface area contributed by atoms with E-state index in [0.29, 0.717) is 0 Å². The fourth-order valence-electron chi connectivity index (χ4n) is 3.19. The normalized spacial score (nSPS) is 35.2. The number of carbonyl (C=O) groups is 3. The summed E-state index contributed by atoms with van der Waals surface area (Å²) in [6.45, 7) is 5.65. The van der Waals surface area contributed by atoms with E-state index in [2.05, 4.69) is 10.6 Å². The monoisotopic (exact) mass is 246 g/mol. The number of rotatable bonds is 0. The van der Waals surface area contributed by atoms with E-state index in [4.69, 9.17) is 0 Å².